The van der Waals surface area contributed by atoms with Gasteiger partial charge in [0, 0.05) is 6.42 Å². The van der Waals surface area contributed by atoms with Crippen LogP contribution < -0.4 is 0 Å². The summed E-state index contributed by atoms with van der Waals surface area (Å²) in [5.74, 6) is -0.503. The molecule has 1 aromatic heterocycles. The zero-order valence-electron chi connectivity index (χ0n) is 12.3. The van der Waals surface area contributed by atoms with Crippen LogP contribution in [-0.2, 0) is 33.7 Å². The number of hydrogen-bond acceptors (Lipinski definition) is 4. The number of rotatable bonds is 3. The van der Waals surface area contributed by atoms with Gasteiger partial charge in [-0.05, 0) is 5.56 Å². The molecule has 0 radical (unpaired) electrons. The van der Waals surface area contributed by atoms with E-state index in [0.717, 1.165) is 17.0 Å². The van der Waals surface area contributed by atoms with Gasteiger partial charge in [-0.2, -0.15) is 0 Å². The quantitative estimate of drug-likeness (QED) is 0.861. The van der Waals surface area contributed by atoms with Gasteiger partial charge in [0.1, 0.15) is 6.04 Å². The van der Waals surface area contributed by atoms with Gasteiger partial charge >= 0.3 is 5.97 Å². The van der Waals surface area contributed by atoms with E-state index in [9.17, 15) is 9.59 Å². The molecule has 1 unspecified atom stereocenters. The number of imidazole rings is 1. The van der Waals surface area contributed by atoms with Crippen molar-refractivity contribution in [3.05, 3.63) is 53.6 Å². The number of amides is 1. The molecular weight excluding hydrogens is 282 g/mol. The summed E-state index contributed by atoms with van der Waals surface area (Å²) in [6.45, 7) is 0.348. The molecule has 1 amide bonds. The van der Waals surface area contributed by atoms with Crippen LogP contribution in [0.25, 0.3) is 0 Å². The highest BCUT2D eigenvalue weighted by Gasteiger charge is 2.36. The average molecular weight is 299 g/mol. The molecule has 1 aliphatic rings. The second-order valence-electron chi connectivity index (χ2n) is 5.25. The molecule has 0 fully saturated rings. The normalized spacial score (nSPS) is 17.0. The lowest BCUT2D eigenvalue weighted by atomic mass is 10.0. The zero-order chi connectivity index (χ0) is 15.5. The van der Waals surface area contributed by atoms with Crippen LogP contribution in [0.2, 0.25) is 0 Å². The zero-order valence-corrected chi connectivity index (χ0v) is 12.3. The summed E-state index contributed by atoms with van der Waals surface area (Å²) >= 11 is 0. The van der Waals surface area contributed by atoms with Crippen LogP contribution in [0.5, 0.6) is 0 Å². The highest BCUT2D eigenvalue weighted by Crippen LogP contribution is 2.22. The van der Waals surface area contributed by atoms with Crippen molar-refractivity contribution in [2.45, 2.75) is 25.4 Å². The Kier molecular flexibility index (Phi) is 3.91. The smallest absolute Gasteiger partial charge is 0.329 e. The van der Waals surface area contributed by atoms with Gasteiger partial charge < -0.3 is 14.6 Å². The highest BCUT2D eigenvalue weighted by molar-refractivity contribution is 5.86. The number of nitrogens with zero attached hydrogens (tertiary/aromatic N) is 2. The minimum Gasteiger partial charge on any atom is -0.467 e. The first-order valence-corrected chi connectivity index (χ1v) is 7.11. The second-order valence-corrected chi connectivity index (χ2v) is 5.25. The van der Waals surface area contributed by atoms with Gasteiger partial charge in [0.2, 0.25) is 5.91 Å². The number of H-pyrrole nitrogens is 1. The number of benzene rings is 1. The molecule has 0 bridgehead atoms. The lowest BCUT2D eigenvalue weighted by Crippen LogP contribution is -2.49. The molecule has 0 aliphatic carbocycles. The van der Waals surface area contributed by atoms with Crippen LogP contribution in [0.1, 0.15) is 17.0 Å². The van der Waals surface area contributed by atoms with E-state index in [-0.39, 0.29) is 12.3 Å². The summed E-state index contributed by atoms with van der Waals surface area (Å²) in [4.78, 5) is 33.4. The third kappa shape index (κ3) is 2.72. The van der Waals surface area contributed by atoms with Gasteiger partial charge in [-0.25, -0.2) is 9.78 Å². The van der Waals surface area contributed by atoms with Crippen molar-refractivity contribution in [1.82, 2.24) is 14.9 Å². The summed E-state index contributed by atoms with van der Waals surface area (Å²) in [7, 11) is 1.34. The van der Waals surface area contributed by atoms with Crippen molar-refractivity contribution in [1.29, 1.82) is 0 Å². The molecule has 114 valence electrons. The Morgan fingerprint density at radius 1 is 1.36 bits per heavy atom. The van der Waals surface area contributed by atoms with Crippen LogP contribution in [0.15, 0.2) is 36.7 Å². The second kappa shape index (κ2) is 6.01. The van der Waals surface area contributed by atoms with Crippen molar-refractivity contribution in [3.63, 3.8) is 0 Å². The average Bonchev–Trinajstić information content (AvgIpc) is 3.01. The number of aromatic nitrogens is 2. The molecule has 6 nitrogen and oxygen atoms in total. The molecule has 0 saturated heterocycles. The number of carbonyl (C=O) groups excluding carboxylic acids is 2. The maximum absolute atomic E-state index is 12.6. The monoisotopic (exact) mass is 299 g/mol. The topological polar surface area (TPSA) is 75.3 Å². The lowest BCUT2D eigenvalue weighted by Gasteiger charge is -2.33. The molecule has 0 spiro atoms. The molecule has 1 N–H and O–H groups in total. The van der Waals surface area contributed by atoms with E-state index in [2.05, 4.69) is 9.97 Å². The summed E-state index contributed by atoms with van der Waals surface area (Å²) < 4.78 is 4.84. The summed E-state index contributed by atoms with van der Waals surface area (Å²) in [5.41, 5.74) is 2.62. The molecule has 0 saturated carbocycles. The third-order valence-corrected chi connectivity index (χ3v) is 3.89. The molecule has 2 heterocycles. The van der Waals surface area contributed by atoms with E-state index in [1.165, 1.54) is 7.11 Å². The Morgan fingerprint density at radius 2 is 2.14 bits per heavy atom. The predicted octanol–water partition coefficient (Wildman–Crippen LogP) is 1.08. The Hall–Kier alpha value is -2.63. The SMILES string of the molecule is COC(=O)C1Cc2nc[nH]c2CN1C(=O)Cc1ccccc1. The third-order valence-electron chi connectivity index (χ3n) is 3.89. The molecule has 6 heteroatoms. The van der Waals surface area contributed by atoms with Crippen LogP contribution in [0.3, 0.4) is 0 Å². The molecule has 1 aliphatic heterocycles. The number of aromatic amines is 1. The fraction of sp³-hybridized carbons (Fsp3) is 0.312. The number of ether oxygens (including phenoxy) is 1. The van der Waals surface area contributed by atoms with Crippen LogP contribution in [0.4, 0.5) is 0 Å². The first-order chi connectivity index (χ1) is 10.7. The Bertz CT molecular complexity index is 681. The first-order valence-electron chi connectivity index (χ1n) is 7.11. The van der Waals surface area contributed by atoms with Crippen molar-refractivity contribution >= 4 is 11.9 Å². The van der Waals surface area contributed by atoms with Crippen LogP contribution in [0, 0.1) is 0 Å². The first kappa shape index (κ1) is 14.3. The number of esters is 1. The standard InChI is InChI=1S/C16H17N3O3/c1-22-16(21)14-8-12-13(18-10-17-12)9-19(14)15(20)7-11-5-3-2-4-6-11/h2-6,10,14H,7-9H2,1H3,(H,17,18). The van der Waals surface area contributed by atoms with E-state index in [1.807, 2.05) is 30.3 Å². The van der Waals surface area contributed by atoms with Crippen molar-refractivity contribution < 1.29 is 14.3 Å². The summed E-state index contributed by atoms with van der Waals surface area (Å²) in [6.07, 6.45) is 2.23. The minimum absolute atomic E-state index is 0.0955. The predicted molar refractivity (Wildman–Crippen MR) is 78.8 cm³/mol. The molecule has 1 atom stereocenters. The largest absolute Gasteiger partial charge is 0.467 e. The molecule has 3 rings (SSSR count). The van der Waals surface area contributed by atoms with Crippen molar-refractivity contribution in [2.24, 2.45) is 0 Å². The Labute approximate surface area is 128 Å². The van der Waals surface area contributed by atoms with E-state index in [0.29, 0.717) is 13.0 Å². The number of carbonyl (C=O) groups is 2. The number of hydrogen-bond donors (Lipinski definition) is 1. The van der Waals surface area contributed by atoms with Gasteiger partial charge in [-0.1, -0.05) is 30.3 Å². The van der Waals surface area contributed by atoms with E-state index < -0.39 is 12.0 Å². The van der Waals surface area contributed by atoms with Crippen LogP contribution in [-0.4, -0.2) is 39.9 Å². The van der Waals surface area contributed by atoms with Gasteiger partial charge in [0.15, 0.2) is 0 Å². The Balaban J connectivity index is 1.83. The van der Waals surface area contributed by atoms with E-state index in [4.69, 9.17) is 4.74 Å². The number of methoxy groups -OCH3 is 1. The summed E-state index contributed by atoms with van der Waals surface area (Å²) in [6, 6.07) is 8.88. The van der Waals surface area contributed by atoms with Gasteiger partial charge in [-0.3, -0.25) is 4.79 Å². The maximum atomic E-state index is 12.6. The molecule has 2 aromatic rings. The maximum Gasteiger partial charge on any atom is 0.329 e. The van der Waals surface area contributed by atoms with E-state index in [1.54, 1.807) is 11.2 Å². The summed E-state index contributed by atoms with van der Waals surface area (Å²) in [5, 5.41) is 0. The fourth-order valence-corrected chi connectivity index (χ4v) is 2.72. The molecular formula is C16H17N3O3. The van der Waals surface area contributed by atoms with Crippen molar-refractivity contribution in [3.8, 4) is 0 Å². The van der Waals surface area contributed by atoms with Crippen molar-refractivity contribution in [2.75, 3.05) is 7.11 Å². The number of fused-ring (bicyclic) bond motifs is 1. The van der Waals surface area contributed by atoms with Gasteiger partial charge in [0.05, 0.1) is 37.8 Å². The fourth-order valence-electron chi connectivity index (χ4n) is 2.72. The van der Waals surface area contributed by atoms with Gasteiger partial charge in [-0.15, -0.1) is 0 Å². The highest BCUT2D eigenvalue weighted by atomic mass is 16.5. The molecule has 1 aromatic carbocycles. The van der Waals surface area contributed by atoms with Gasteiger partial charge in [0.25, 0.3) is 0 Å². The van der Waals surface area contributed by atoms with Crippen LogP contribution >= 0.6 is 0 Å². The van der Waals surface area contributed by atoms with E-state index >= 15 is 0 Å². The number of nitrogens with one attached hydrogen (secondary N) is 1. The molecule has 22 heavy (non-hydrogen) atoms. The lowest BCUT2D eigenvalue weighted by molar-refractivity contribution is -0.153. The minimum atomic E-state index is -0.614. The Morgan fingerprint density at radius 3 is 2.86 bits per heavy atom.